The molecule has 0 bridgehead atoms. The number of benzene rings is 2. The van der Waals surface area contributed by atoms with Crippen molar-refractivity contribution in [1.29, 1.82) is 0 Å². The first kappa shape index (κ1) is 16.4. The number of fused-ring (bicyclic) bond motifs is 3. The van der Waals surface area contributed by atoms with Gasteiger partial charge in [0.15, 0.2) is 5.65 Å². The van der Waals surface area contributed by atoms with E-state index in [1.54, 1.807) is 6.20 Å². The number of ether oxygens (including phenoxy) is 1. The summed E-state index contributed by atoms with van der Waals surface area (Å²) in [6.45, 7) is 1.57. The molecule has 2 aromatic heterocycles. The van der Waals surface area contributed by atoms with E-state index in [1.165, 1.54) is 0 Å². The summed E-state index contributed by atoms with van der Waals surface area (Å²) in [6, 6.07) is 14.2. The van der Waals surface area contributed by atoms with Crippen LogP contribution in [0.1, 0.15) is 30.1 Å². The predicted octanol–water partition coefficient (Wildman–Crippen LogP) is 3.33. The lowest BCUT2D eigenvalue weighted by Gasteiger charge is -2.20. The second kappa shape index (κ2) is 6.72. The molecule has 6 heteroatoms. The minimum absolute atomic E-state index is 0.0343. The summed E-state index contributed by atoms with van der Waals surface area (Å²) in [6.07, 6.45) is 3.70. The summed E-state index contributed by atoms with van der Waals surface area (Å²) >= 11 is 0. The third-order valence-corrected chi connectivity index (χ3v) is 5.28. The lowest BCUT2D eigenvalue weighted by Crippen LogP contribution is -2.16. The molecule has 0 aliphatic carbocycles. The zero-order valence-corrected chi connectivity index (χ0v) is 14.9. The van der Waals surface area contributed by atoms with E-state index in [0.717, 1.165) is 65.3 Å². The van der Waals surface area contributed by atoms with Crippen LogP contribution in [0.15, 0.2) is 48.7 Å². The Kier molecular flexibility index (Phi) is 4.07. The number of rotatable bonds is 3. The smallest absolute Gasteiger partial charge is 0.179 e. The van der Waals surface area contributed by atoms with Gasteiger partial charge < -0.3 is 9.84 Å². The van der Waals surface area contributed by atoms with Gasteiger partial charge in [0.2, 0.25) is 0 Å². The molecular formula is C21H20N4O2. The van der Waals surface area contributed by atoms with Crippen molar-refractivity contribution in [3.63, 3.8) is 0 Å². The highest BCUT2D eigenvalue weighted by Gasteiger charge is 2.22. The van der Waals surface area contributed by atoms with E-state index in [1.807, 2.05) is 24.3 Å². The largest absolute Gasteiger partial charge is 0.392 e. The Morgan fingerprint density at radius 1 is 1.04 bits per heavy atom. The van der Waals surface area contributed by atoms with Gasteiger partial charge in [-0.05, 0) is 47.7 Å². The zero-order chi connectivity index (χ0) is 18.2. The molecule has 1 N–H and O–H groups in total. The van der Waals surface area contributed by atoms with Crippen molar-refractivity contribution < 1.29 is 9.84 Å². The Bertz CT molecular complexity index is 1120. The molecule has 136 valence electrons. The Hall–Kier alpha value is -2.83. The summed E-state index contributed by atoms with van der Waals surface area (Å²) in [7, 11) is 0. The fraction of sp³-hybridized carbons (Fsp3) is 0.286. The third-order valence-electron chi connectivity index (χ3n) is 5.28. The van der Waals surface area contributed by atoms with Crippen LogP contribution in [-0.2, 0) is 11.3 Å². The van der Waals surface area contributed by atoms with E-state index in [2.05, 4.69) is 37.8 Å². The Balaban J connectivity index is 1.70. The molecule has 0 radical (unpaired) electrons. The number of hydrogen-bond acceptors (Lipinski definition) is 5. The van der Waals surface area contributed by atoms with Crippen LogP contribution in [0, 0.1) is 0 Å². The van der Waals surface area contributed by atoms with Crippen LogP contribution >= 0.6 is 0 Å². The number of aliphatic hydroxyl groups is 1. The predicted molar refractivity (Wildman–Crippen MR) is 102 cm³/mol. The quantitative estimate of drug-likeness (QED) is 0.607. The molecular weight excluding hydrogens is 340 g/mol. The molecule has 3 heterocycles. The van der Waals surface area contributed by atoms with Crippen LogP contribution in [0.3, 0.4) is 0 Å². The molecule has 2 aromatic carbocycles. The third kappa shape index (κ3) is 2.87. The second-order valence-electron chi connectivity index (χ2n) is 6.96. The first-order valence-corrected chi connectivity index (χ1v) is 9.25. The van der Waals surface area contributed by atoms with Crippen molar-refractivity contribution in [2.45, 2.75) is 25.4 Å². The van der Waals surface area contributed by atoms with Crippen molar-refractivity contribution >= 4 is 16.7 Å². The van der Waals surface area contributed by atoms with E-state index in [0.29, 0.717) is 5.92 Å². The molecule has 5 rings (SSSR count). The number of nitrogens with zero attached hydrogens (tertiary/aromatic N) is 4. The van der Waals surface area contributed by atoms with Gasteiger partial charge in [0.25, 0.3) is 0 Å². The van der Waals surface area contributed by atoms with E-state index in [9.17, 15) is 5.11 Å². The monoisotopic (exact) mass is 360 g/mol. The standard InChI is InChI=1S/C21H20N4O2/c26-13-14-2-1-3-16(10-14)17-4-5-18-19(11-17)25-20(12-22-18)23-24-21(25)15-6-8-27-9-7-15/h1-5,10-12,15,26H,6-9,13H2. The normalized spacial score (nSPS) is 15.6. The number of aromatic nitrogens is 4. The summed E-state index contributed by atoms with van der Waals surface area (Å²) < 4.78 is 7.64. The van der Waals surface area contributed by atoms with Crippen LogP contribution in [0.5, 0.6) is 0 Å². The molecule has 0 atom stereocenters. The fourth-order valence-corrected chi connectivity index (χ4v) is 3.83. The highest BCUT2D eigenvalue weighted by molar-refractivity contribution is 5.83. The van der Waals surface area contributed by atoms with Crippen LogP contribution in [0.25, 0.3) is 27.8 Å². The molecule has 1 saturated heterocycles. The molecule has 0 spiro atoms. The molecule has 0 amide bonds. The van der Waals surface area contributed by atoms with Crippen LogP contribution in [0.4, 0.5) is 0 Å². The summed E-state index contributed by atoms with van der Waals surface area (Å²) in [5.41, 5.74) is 5.74. The average Bonchev–Trinajstić information content (AvgIpc) is 3.19. The SMILES string of the molecule is OCc1cccc(-c2ccc3ncc4nnc(C5CCOCC5)n4c3c2)c1. The van der Waals surface area contributed by atoms with E-state index in [4.69, 9.17) is 4.74 Å². The summed E-state index contributed by atoms with van der Waals surface area (Å²) in [5.74, 6) is 1.34. The van der Waals surface area contributed by atoms with Gasteiger partial charge in [-0.3, -0.25) is 9.38 Å². The van der Waals surface area contributed by atoms with Gasteiger partial charge in [-0.2, -0.15) is 0 Å². The molecule has 1 fully saturated rings. The van der Waals surface area contributed by atoms with Gasteiger partial charge in [0.05, 0.1) is 23.8 Å². The second-order valence-corrected chi connectivity index (χ2v) is 6.96. The molecule has 0 saturated carbocycles. The van der Waals surface area contributed by atoms with Crippen LogP contribution in [0.2, 0.25) is 0 Å². The molecule has 6 nitrogen and oxygen atoms in total. The maximum Gasteiger partial charge on any atom is 0.179 e. The topological polar surface area (TPSA) is 72.5 Å². The van der Waals surface area contributed by atoms with E-state index < -0.39 is 0 Å². The van der Waals surface area contributed by atoms with Crippen molar-refractivity contribution in [2.75, 3.05) is 13.2 Å². The van der Waals surface area contributed by atoms with Crippen LogP contribution < -0.4 is 0 Å². The lowest BCUT2D eigenvalue weighted by molar-refractivity contribution is 0.0834. The fourth-order valence-electron chi connectivity index (χ4n) is 3.83. The Morgan fingerprint density at radius 3 is 2.74 bits per heavy atom. The minimum atomic E-state index is 0.0343. The van der Waals surface area contributed by atoms with Crippen LogP contribution in [-0.4, -0.2) is 37.9 Å². The first-order valence-electron chi connectivity index (χ1n) is 9.25. The van der Waals surface area contributed by atoms with Crippen molar-refractivity contribution in [3.8, 4) is 11.1 Å². The van der Waals surface area contributed by atoms with Crippen molar-refractivity contribution in [2.24, 2.45) is 0 Å². The maximum atomic E-state index is 9.43. The van der Waals surface area contributed by atoms with Gasteiger partial charge in [0, 0.05) is 19.1 Å². The van der Waals surface area contributed by atoms with E-state index in [-0.39, 0.29) is 6.61 Å². The molecule has 0 unspecified atom stereocenters. The highest BCUT2D eigenvalue weighted by atomic mass is 16.5. The van der Waals surface area contributed by atoms with Gasteiger partial charge in [0.1, 0.15) is 5.82 Å². The average molecular weight is 360 g/mol. The van der Waals surface area contributed by atoms with Gasteiger partial charge in [-0.15, -0.1) is 10.2 Å². The molecule has 4 aromatic rings. The van der Waals surface area contributed by atoms with E-state index >= 15 is 0 Å². The number of hydrogen-bond donors (Lipinski definition) is 1. The lowest BCUT2D eigenvalue weighted by atomic mass is 9.99. The Labute approximate surface area is 156 Å². The minimum Gasteiger partial charge on any atom is -0.392 e. The molecule has 27 heavy (non-hydrogen) atoms. The maximum absolute atomic E-state index is 9.43. The molecule has 1 aliphatic rings. The van der Waals surface area contributed by atoms with Gasteiger partial charge >= 0.3 is 0 Å². The summed E-state index contributed by atoms with van der Waals surface area (Å²) in [5, 5.41) is 18.3. The van der Waals surface area contributed by atoms with Crippen molar-refractivity contribution in [3.05, 3.63) is 60.0 Å². The van der Waals surface area contributed by atoms with Gasteiger partial charge in [-0.1, -0.05) is 24.3 Å². The first-order chi connectivity index (χ1) is 13.3. The zero-order valence-electron chi connectivity index (χ0n) is 14.9. The Morgan fingerprint density at radius 2 is 1.89 bits per heavy atom. The van der Waals surface area contributed by atoms with Crippen molar-refractivity contribution in [1.82, 2.24) is 19.6 Å². The summed E-state index contributed by atoms with van der Waals surface area (Å²) in [4.78, 5) is 4.55. The highest BCUT2D eigenvalue weighted by Crippen LogP contribution is 2.30. The van der Waals surface area contributed by atoms with Gasteiger partial charge in [-0.25, -0.2) is 0 Å². The number of aliphatic hydroxyl groups excluding tert-OH is 1. The molecule has 1 aliphatic heterocycles.